The summed E-state index contributed by atoms with van der Waals surface area (Å²) >= 11 is 0. The van der Waals surface area contributed by atoms with Crippen LogP contribution in [0.1, 0.15) is 45.4 Å². The molecule has 5 heteroatoms. The minimum Gasteiger partial charge on any atom is -0.381 e. The van der Waals surface area contributed by atoms with Crippen LogP contribution in [-0.4, -0.2) is 35.8 Å². The van der Waals surface area contributed by atoms with Crippen LogP contribution in [-0.2, 0) is 11.2 Å². The number of aromatic nitrogens is 2. The molecule has 1 saturated carbocycles. The molecule has 0 aromatic carbocycles. The molecule has 1 aliphatic carbocycles. The molecule has 112 valence electrons. The number of hydrogen-bond donors (Lipinski definition) is 2. The highest BCUT2D eigenvalue weighted by molar-refractivity contribution is 5.48. The summed E-state index contributed by atoms with van der Waals surface area (Å²) in [7, 11) is 1.78. The Morgan fingerprint density at radius 3 is 2.60 bits per heavy atom. The average Bonchev–Trinajstić information content (AvgIpc) is 2.40. The standard InChI is InChI=1S/C15H26N4O/c1-4-6-13-18-14(16-7-5-2)10-15(19-13)17-11-8-12(9-11)20-3/h10-12H,4-9H2,1-3H3,(H2,16,17,18,19). The van der Waals surface area contributed by atoms with Crippen molar-refractivity contribution in [3.63, 3.8) is 0 Å². The van der Waals surface area contributed by atoms with E-state index in [0.717, 1.165) is 56.1 Å². The van der Waals surface area contributed by atoms with Gasteiger partial charge in [-0.1, -0.05) is 13.8 Å². The molecule has 2 N–H and O–H groups in total. The van der Waals surface area contributed by atoms with E-state index in [1.807, 2.05) is 6.07 Å². The first-order valence-corrected chi connectivity index (χ1v) is 7.66. The minimum atomic E-state index is 0.405. The zero-order valence-electron chi connectivity index (χ0n) is 12.8. The number of anilines is 2. The number of aryl methyl sites for hydroxylation is 1. The molecule has 0 amide bonds. The molecule has 1 aromatic rings. The van der Waals surface area contributed by atoms with Gasteiger partial charge in [-0.15, -0.1) is 0 Å². The smallest absolute Gasteiger partial charge is 0.133 e. The molecule has 0 radical (unpaired) electrons. The van der Waals surface area contributed by atoms with Gasteiger partial charge in [0.05, 0.1) is 6.10 Å². The first kappa shape index (κ1) is 15.0. The van der Waals surface area contributed by atoms with Crippen molar-refractivity contribution in [1.82, 2.24) is 9.97 Å². The summed E-state index contributed by atoms with van der Waals surface area (Å²) in [4.78, 5) is 9.16. The van der Waals surface area contributed by atoms with Crippen molar-refractivity contribution in [1.29, 1.82) is 0 Å². The molecule has 0 aliphatic heterocycles. The van der Waals surface area contributed by atoms with Gasteiger partial charge in [0, 0.05) is 32.2 Å². The highest BCUT2D eigenvalue weighted by atomic mass is 16.5. The second kappa shape index (κ2) is 7.43. The van der Waals surface area contributed by atoms with Gasteiger partial charge in [0.2, 0.25) is 0 Å². The molecule has 0 saturated heterocycles. The summed E-state index contributed by atoms with van der Waals surface area (Å²) in [6.07, 6.45) is 5.59. The predicted molar refractivity (Wildman–Crippen MR) is 82.2 cm³/mol. The van der Waals surface area contributed by atoms with Crippen LogP contribution in [0.5, 0.6) is 0 Å². The lowest BCUT2D eigenvalue weighted by Crippen LogP contribution is -2.40. The number of nitrogens with one attached hydrogen (secondary N) is 2. The van der Waals surface area contributed by atoms with Crippen LogP contribution in [0, 0.1) is 0 Å². The maximum Gasteiger partial charge on any atom is 0.133 e. The largest absolute Gasteiger partial charge is 0.381 e. The van der Waals surface area contributed by atoms with E-state index in [0.29, 0.717) is 12.1 Å². The third-order valence-electron chi connectivity index (χ3n) is 3.58. The van der Waals surface area contributed by atoms with E-state index in [1.54, 1.807) is 7.11 Å². The van der Waals surface area contributed by atoms with E-state index >= 15 is 0 Å². The molecule has 1 aromatic heterocycles. The van der Waals surface area contributed by atoms with Crippen molar-refractivity contribution in [2.75, 3.05) is 24.3 Å². The molecule has 0 atom stereocenters. The van der Waals surface area contributed by atoms with Gasteiger partial charge >= 0.3 is 0 Å². The zero-order valence-corrected chi connectivity index (χ0v) is 12.8. The van der Waals surface area contributed by atoms with Crippen LogP contribution in [0.25, 0.3) is 0 Å². The Morgan fingerprint density at radius 2 is 1.95 bits per heavy atom. The molecule has 5 nitrogen and oxygen atoms in total. The van der Waals surface area contributed by atoms with E-state index in [-0.39, 0.29) is 0 Å². The Kier molecular flexibility index (Phi) is 5.59. The van der Waals surface area contributed by atoms with E-state index in [1.165, 1.54) is 0 Å². The van der Waals surface area contributed by atoms with Crippen LogP contribution < -0.4 is 10.6 Å². The normalized spacial score (nSPS) is 21.4. The highest BCUT2D eigenvalue weighted by Gasteiger charge is 2.29. The van der Waals surface area contributed by atoms with Crippen LogP contribution in [0.15, 0.2) is 6.07 Å². The van der Waals surface area contributed by atoms with Crippen molar-refractivity contribution >= 4 is 11.6 Å². The number of hydrogen-bond acceptors (Lipinski definition) is 5. The molecular formula is C15H26N4O. The second-order valence-corrected chi connectivity index (χ2v) is 5.40. The van der Waals surface area contributed by atoms with Gasteiger partial charge in [-0.05, 0) is 25.7 Å². The molecule has 2 rings (SSSR count). The lowest BCUT2D eigenvalue weighted by Gasteiger charge is -2.35. The summed E-state index contributed by atoms with van der Waals surface area (Å²) in [6, 6.07) is 2.48. The Hall–Kier alpha value is -1.36. The van der Waals surface area contributed by atoms with Gasteiger partial charge < -0.3 is 15.4 Å². The van der Waals surface area contributed by atoms with Crippen LogP contribution in [0.2, 0.25) is 0 Å². The van der Waals surface area contributed by atoms with Crippen LogP contribution in [0.4, 0.5) is 11.6 Å². The summed E-state index contributed by atoms with van der Waals surface area (Å²) in [6.45, 7) is 5.24. The van der Waals surface area contributed by atoms with Gasteiger partial charge in [0.15, 0.2) is 0 Å². The number of ether oxygens (including phenoxy) is 1. The molecule has 1 aliphatic rings. The van der Waals surface area contributed by atoms with Crippen molar-refractivity contribution in [2.24, 2.45) is 0 Å². The molecule has 1 fully saturated rings. The van der Waals surface area contributed by atoms with E-state index in [4.69, 9.17) is 4.74 Å². The third kappa shape index (κ3) is 4.07. The lowest BCUT2D eigenvalue weighted by atomic mass is 9.89. The zero-order chi connectivity index (χ0) is 14.4. The Bertz CT molecular complexity index is 418. The Morgan fingerprint density at radius 1 is 1.20 bits per heavy atom. The number of methoxy groups -OCH3 is 1. The van der Waals surface area contributed by atoms with Gasteiger partial charge in [0.1, 0.15) is 17.5 Å². The van der Waals surface area contributed by atoms with Crippen LogP contribution in [0.3, 0.4) is 0 Å². The quantitative estimate of drug-likeness (QED) is 0.765. The van der Waals surface area contributed by atoms with E-state index < -0.39 is 0 Å². The SMILES string of the molecule is CCCNc1cc(NC2CC(OC)C2)nc(CCC)n1. The van der Waals surface area contributed by atoms with Gasteiger partial charge in [0.25, 0.3) is 0 Å². The summed E-state index contributed by atoms with van der Waals surface area (Å²) in [5.41, 5.74) is 0. The first-order chi connectivity index (χ1) is 9.75. The minimum absolute atomic E-state index is 0.405. The van der Waals surface area contributed by atoms with Crippen molar-refractivity contribution < 1.29 is 4.74 Å². The predicted octanol–water partition coefficient (Wildman–Crippen LogP) is 2.84. The summed E-state index contributed by atoms with van der Waals surface area (Å²) < 4.78 is 5.31. The van der Waals surface area contributed by atoms with Gasteiger partial charge in [-0.3, -0.25) is 0 Å². The number of rotatable bonds is 8. The van der Waals surface area contributed by atoms with Crippen molar-refractivity contribution in [2.45, 2.75) is 58.1 Å². The van der Waals surface area contributed by atoms with Crippen LogP contribution >= 0.6 is 0 Å². The van der Waals surface area contributed by atoms with E-state index in [9.17, 15) is 0 Å². The molecular weight excluding hydrogens is 252 g/mol. The average molecular weight is 278 g/mol. The monoisotopic (exact) mass is 278 g/mol. The Balaban J connectivity index is 2.00. The first-order valence-electron chi connectivity index (χ1n) is 7.66. The fourth-order valence-electron chi connectivity index (χ4n) is 2.34. The second-order valence-electron chi connectivity index (χ2n) is 5.40. The molecule has 1 heterocycles. The summed E-state index contributed by atoms with van der Waals surface area (Å²) in [5.74, 6) is 2.77. The third-order valence-corrected chi connectivity index (χ3v) is 3.58. The molecule has 0 bridgehead atoms. The van der Waals surface area contributed by atoms with Gasteiger partial charge in [-0.2, -0.15) is 0 Å². The Labute approximate surface area is 121 Å². The molecule has 0 spiro atoms. The fourth-order valence-corrected chi connectivity index (χ4v) is 2.34. The topological polar surface area (TPSA) is 59.1 Å². The van der Waals surface area contributed by atoms with E-state index in [2.05, 4.69) is 34.4 Å². The summed E-state index contributed by atoms with van der Waals surface area (Å²) in [5, 5.41) is 6.83. The van der Waals surface area contributed by atoms with Crippen molar-refractivity contribution in [3.8, 4) is 0 Å². The fraction of sp³-hybridized carbons (Fsp3) is 0.733. The molecule has 20 heavy (non-hydrogen) atoms. The molecule has 0 unspecified atom stereocenters. The van der Waals surface area contributed by atoms with Gasteiger partial charge in [-0.25, -0.2) is 9.97 Å². The highest BCUT2D eigenvalue weighted by Crippen LogP contribution is 2.26. The number of nitrogens with zero attached hydrogens (tertiary/aromatic N) is 2. The maximum absolute atomic E-state index is 5.31. The van der Waals surface area contributed by atoms with Crippen molar-refractivity contribution in [3.05, 3.63) is 11.9 Å². The lowest BCUT2D eigenvalue weighted by molar-refractivity contribution is 0.0328. The maximum atomic E-state index is 5.31.